The van der Waals surface area contributed by atoms with Crippen LogP contribution in [-0.2, 0) is 0 Å². The Bertz CT molecular complexity index is 592. The minimum atomic E-state index is 0.178. The average molecular weight is 304 g/mol. The van der Waals surface area contributed by atoms with Crippen LogP contribution in [0.25, 0.3) is 0 Å². The quantitative estimate of drug-likeness (QED) is 0.501. The fraction of sp³-hybridized carbons (Fsp3) is 0.500. The second-order valence-electron chi connectivity index (χ2n) is 6.48. The molecule has 0 radical (unpaired) electrons. The van der Waals surface area contributed by atoms with E-state index >= 15 is 0 Å². The van der Waals surface area contributed by atoms with Crippen LogP contribution in [0.3, 0.4) is 0 Å². The van der Waals surface area contributed by atoms with Crippen molar-refractivity contribution in [2.75, 3.05) is 11.9 Å². The number of hydrogen-bond donors (Lipinski definition) is 2. The van der Waals surface area contributed by atoms with Gasteiger partial charge < -0.3 is 10.6 Å². The number of benzene rings is 1. The van der Waals surface area contributed by atoms with Gasteiger partial charge in [-0.15, -0.1) is 0 Å². The van der Waals surface area contributed by atoms with Crippen molar-refractivity contribution in [3.8, 4) is 0 Å². The zero-order chi connectivity index (χ0) is 15.8. The molecule has 1 heterocycles. The summed E-state index contributed by atoms with van der Waals surface area (Å²) in [6.07, 6.45) is 2.92. The molecule has 0 aromatic heterocycles. The van der Waals surface area contributed by atoms with Crippen molar-refractivity contribution in [3.05, 3.63) is 28.8 Å². The number of nitrogens with one attached hydrogen (secondary N) is 1. The first-order valence-corrected chi connectivity index (χ1v) is 7.60. The van der Waals surface area contributed by atoms with E-state index in [2.05, 4.69) is 62.3 Å². The van der Waals surface area contributed by atoms with Crippen LogP contribution in [0.5, 0.6) is 0 Å². The smallest absolute Gasteiger partial charge is 0.184 e. The molecular formula is C16H24N4S. The SMILES string of the molecule is Cc1cc2c(cc1/C=N\NC(N)=S)C(C)CC(C)(C)N2C. The van der Waals surface area contributed by atoms with Gasteiger partial charge >= 0.3 is 0 Å². The lowest BCUT2D eigenvalue weighted by Crippen LogP contribution is -2.45. The number of hydrazone groups is 1. The predicted octanol–water partition coefficient (Wildman–Crippen LogP) is 2.88. The third-order valence-electron chi connectivity index (χ3n) is 4.40. The number of nitrogens with two attached hydrogens (primary N) is 1. The van der Waals surface area contributed by atoms with Crippen LogP contribution >= 0.6 is 12.2 Å². The van der Waals surface area contributed by atoms with Crippen molar-refractivity contribution in [1.82, 2.24) is 5.43 Å². The van der Waals surface area contributed by atoms with Gasteiger partial charge in [0.2, 0.25) is 0 Å². The van der Waals surface area contributed by atoms with Crippen LogP contribution < -0.4 is 16.1 Å². The molecule has 3 N–H and O–H groups in total. The minimum absolute atomic E-state index is 0.178. The van der Waals surface area contributed by atoms with Gasteiger partial charge in [0, 0.05) is 18.3 Å². The lowest BCUT2D eigenvalue weighted by Gasteiger charge is -2.45. The Kier molecular flexibility index (Phi) is 4.23. The van der Waals surface area contributed by atoms with Gasteiger partial charge in [-0.25, -0.2) is 0 Å². The molecule has 4 nitrogen and oxygen atoms in total. The molecule has 5 heteroatoms. The van der Waals surface area contributed by atoms with Crippen molar-refractivity contribution in [3.63, 3.8) is 0 Å². The topological polar surface area (TPSA) is 53.6 Å². The highest BCUT2D eigenvalue weighted by atomic mass is 32.1. The van der Waals surface area contributed by atoms with E-state index in [0.29, 0.717) is 5.92 Å². The summed E-state index contributed by atoms with van der Waals surface area (Å²) in [5.41, 5.74) is 13.1. The highest BCUT2D eigenvalue weighted by Gasteiger charge is 2.34. The Balaban J connectivity index is 2.41. The molecule has 21 heavy (non-hydrogen) atoms. The number of thiocarbonyl (C=S) groups is 1. The van der Waals surface area contributed by atoms with Crippen molar-refractivity contribution in [1.29, 1.82) is 0 Å². The van der Waals surface area contributed by atoms with Crippen molar-refractivity contribution < 1.29 is 0 Å². The zero-order valence-electron chi connectivity index (χ0n) is 13.4. The van der Waals surface area contributed by atoms with E-state index in [1.54, 1.807) is 6.21 Å². The lowest BCUT2D eigenvalue weighted by molar-refractivity contribution is 0.395. The number of hydrogen-bond acceptors (Lipinski definition) is 3. The number of fused-ring (bicyclic) bond motifs is 1. The molecule has 0 aliphatic carbocycles. The van der Waals surface area contributed by atoms with Crippen molar-refractivity contribution in [2.24, 2.45) is 10.8 Å². The third-order valence-corrected chi connectivity index (χ3v) is 4.49. The summed E-state index contributed by atoms with van der Waals surface area (Å²) >= 11 is 4.75. The molecule has 1 atom stereocenters. The van der Waals surface area contributed by atoms with Gasteiger partial charge in [0.05, 0.1) is 6.21 Å². The average Bonchev–Trinajstić information content (AvgIpc) is 2.36. The third kappa shape index (κ3) is 3.18. The monoisotopic (exact) mass is 304 g/mol. The summed E-state index contributed by atoms with van der Waals surface area (Å²) in [6.45, 7) is 8.98. The molecule has 2 rings (SSSR count). The first kappa shape index (κ1) is 15.8. The summed E-state index contributed by atoms with van der Waals surface area (Å²) in [5.74, 6) is 0.530. The number of rotatable bonds is 2. The first-order chi connectivity index (χ1) is 9.72. The van der Waals surface area contributed by atoms with Gasteiger partial charge in [-0.1, -0.05) is 6.92 Å². The van der Waals surface area contributed by atoms with Gasteiger partial charge in [-0.05, 0) is 74.2 Å². The summed E-state index contributed by atoms with van der Waals surface area (Å²) in [5, 5.41) is 4.25. The van der Waals surface area contributed by atoms with Gasteiger partial charge in [0.25, 0.3) is 0 Å². The summed E-state index contributed by atoms with van der Waals surface area (Å²) in [6, 6.07) is 4.47. The van der Waals surface area contributed by atoms with Crippen LogP contribution in [0.4, 0.5) is 5.69 Å². The predicted molar refractivity (Wildman–Crippen MR) is 94.2 cm³/mol. The zero-order valence-corrected chi connectivity index (χ0v) is 14.2. The molecule has 0 saturated carbocycles. The van der Waals surface area contributed by atoms with E-state index in [1.165, 1.54) is 16.8 Å². The molecule has 0 saturated heterocycles. The lowest BCUT2D eigenvalue weighted by atomic mass is 9.79. The van der Waals surface area contributed by atoms with Crippen molar-refractivity contribution >= 4 is 29.2 Å². The normalized spacial score (nSPS) is 20.4. The van der Waals surface area contributed by atoms with Gasteiger partial charge in [0.1, 0.15) is 0 Å². The molecule has 1 aromatic carbocycles. The second kappa shape index (κ2) is 5.64. The first-order valence-electron chi connectivity index (χ1n) is 7.19. The summed E-state index contributed by atoms with van der Waals surface area (Å²) < 4.78 is 0. The molecule has 1 aromatic rings. The largest absolute Gasteiger partial charge is 0.375 e. The number of aryl methyl sites for hydroxylation is 1. The number of anilines is 1. The van der Waals surface area contributed by atoms with E-state index in [9.17, 15) is 0 Å². The Labute approximate surface area is 132 Å². The van der Waals surface area contributed by atoms with Crippen LogP contribution in [0, 0.1) is 6.92 Å². The Morgan fingerprint density at radius 2 is 2.19 bits per heavy atom. The molecule has 0 spiro atoms. The van der Waals surface area contributed by atoms with E-state index in [1.807, 2.05) is 0 Å². The van der Waals surface area contributed by atoms with Crippen LogP contribution in [0.1, 0.15) is 49.8 Å². The van der Waals surface area contributed by atoms with E-state index in [4.69, 9.17) is 18.0 Å². The van der Waals surface area contributed by atoms with E-state index in [-0.39, 0.29) is 10.7 Å². The molecule has 114 valence electrons. The van der Waals surface area contributed by atoms with E-state index in [0.717, 1.165) is 12.0 Å². The standard InChI is InChI=1S/C16H24N4S/c1-10-6-14-13(7-12(10)9-18-19-15(17)21)11(2)8-16(3,4)20(14)5/h6-7,9,11H,8H2,1-5H3,(H3,17,19,21)/b18-9-. The van der Waals surface area contributed by atoms with Crippen LogP contribution in [0.15, 0.2) is 17.2 Å². The molecule has 0 fully saturated rings. The molecular weight excluding hydrogens is 280 g/mol. The highest BCUT2D eigenvalue weighted by molar-refractivity contribution is 7.80. The van der Waals surface area contributed by atoms with E-state index < -0.39 is 0 Å². The van der Waals surface area contributed by atoms with Gasteiger partial charge in [0.15, 0.2) is 5.11 Å². The molecule has 1 aliphatic heterocycles. The summed E-state index contributed by atoms with van der Waals surface area (Å²) in [4.78, 5) is 2.38. The number of nitrogens with zero attached hydrogens (tertiary/aromatic N) is 2. The molecule has 1 aliphatic rings. The molecule has 0 bridgehead atoms. The molecule has 1 unspecified atom stereocenters. The van der Waals surface area contributed by atoms with Gasteiger partial charge in [-0.2, -0.15) is 5.10 Å². The fourth-order valence-electron chi connectivity index (χ4n) is 3.04. The second-order valence-corrected chi connectivity index (χ2v) is 6.92. The van der Waals surface area contributed by atoms with Crippen LogP contribution in [0.2, 0.25) is 0 Å². The maximum atomic E-state index is 5.38. The van der Waals surface area contributed by atoms with Crippen molar-refractivity contribution in [2.45, 2.75) is 45.6 Å². The Morgan fingerprint density at radius 3 is 2.81 bits per heavy atom. The Hall–Kier alpha value is -1.62. The maximum absolute atomic E-state index is 5.38. The molecule has 0 amide bonds. The minimum Gasteiger partial charge on any atom is -0.375 e. The maximum Gasteiger partial charge on any atom is 0.184 e. The Morgan fingerprint density at radius 1 is 1.52 bits per heavy atom. The van der Waals surface area contributed by atoms with Gasteiger partial charge in [-0.3, -0.25) is 5.43 Å². The fourth-order valence-corrected chi connectivity index (χ4v) is 3.09. The highest BCUT2D eigenvalue weighted by Crippen LogP contribution is 2.43. The van der Waals surface area contributed by atoms with Crippen LogP contribution in [-0.4, -0.2) is 23.9 Å². The summed E-state index contributed by atoms with van der Waals surface area (Å²) in [7, 11) is 2.17.